The molecule has 0 N–H and O–H groups in total. The minimum absolute atomic E-state index is 0.0949. The molecule has 1 heterocycles. The molecular weight excluding hydrogens is 180 g/mol. The van der Waals surface area contributed by atoms with E-state index in [4.69, 9.17) is 0 Å². The summed E-state index contributed by atoms with van der Waals surface area (Å²) in [6.07, 6.45) is 1.79. The second-order valence-electron chi connectivity index (χ2n) is 2.67. The molecule has 0 spiro atoms. The van der Waals surface area contributed by atoms with E-state index in [1.54, 1.807) is 13.2 Å². The molecule has 0 aliphatic carbocycles. The van der Waals surface area contributed by atoms with Gasteiger partial charge in [-0.3, -0.25) is 14.6 Å². The van der Waals surface area contributed by atoms with Gasteiger partial charge in [-0.2, -0.15) is 0 Å². The van der Waals surface area contributed by atoms with Crippen molar-refractivity contribution in [1.29, 1.82) is 0 Å². The van der Waals surface area contributed by atoms with Gasteiger partial charge in [0.2, 0.25) is 5.91 Å². The highest BCUT2D eigenvalue weighted by atomic mass is 16.7. The topological polar surface area (TPSA) is 42.4 Å². The molecule has 0 unspecified atom stereocenters. The molecule has 0 radical (unpaired) electrons. The summed E-state index contributed by atoms with van der Waals surface area (Å²) in [5.74, 6) is -0.0949. The lowest BCUT2D eigenvalue weighted by Crippen LogP contribution is -2.21. The molecule has 78 valence electrons. The molecule has 1 amide bonds. The number of aryl methyl sites for hydroxylation is 1. The molecule has 1 aromatic heterocycles. The number of rotatable bonds is 1. The van der Waals surface area contributed by atoms with E-state index in [2.05, 4.69) is 9.82 Å². The number of hydroxylamine groups is 2. The van der Waals surface area contributed by atoms with E-state index in [9.17, 15) is 4.79 Å². The van der Waals surface area contributed by atoms with Crippen molar-refractivity contribution < 1.29 is 9.63 Å². The number of aromatic nitrogens is 1. The van der Waals surface area contributed by atoms with Crippen LogP contribution in [-0.2, 0) is 9.63 Å². The zero-order valence-corrected chi connectivity index (χ0v) is 9.02. The van der Waals surface area contributed by atoms with Crippen LogP contribution in [0.2, 0.25) is 0 Å². The lowest BCUT2D eigenvalue weighted by molar-refractivity contribution is -0.165. The maximum Gasteiger partial charge on any atom is 0.242 e. The Bertz CT molecular complexity index is 262. The van der Waals surface area contributed by atoms with E-state index in [0.717, 1.165) is 10.8 Å². The predicted octanol–water partition coefficient (Wildman–Crippen LogP) is 1.42. The normalized spacial score (nSPS) is 8.57. The van der Waals surface area contributed by atoms with Gasteiger partial charge in [-0.05, 0) is 19.1 Å². The standard InChI is InChI=1S/C6H7N.C4H9NO2/c1-6-4-2-3-5-7-6;1-4(6)5(2)7-3/h2-5H,1H3;1-3H3. The van der Waals surface area contributed by atoms with Crippen LogP contribution >= 0.6 is 0 Å². The van der Waals surface area contributed by atoms with Crippen molar-refractivity contribution in [2.45, 2.75) is 13.8 Å². The average molecular weight is 196 g/mol. The molecule has 0 aromatic carbocycles. The molecule has 1 rings (SSSR count). The lowest BCUT2D eigenvalue weighted by atomic mass is 10.4. The Morgan fingerprint density at radius 2 is 2.14 bits per heavy atom. The third kappa shape index (κ3) is 6.14. The van der Waals surface area contributed by atoms with Crippen LogP contribution in [0.4, 0.5) is 0 Å². The molecule has 14 heavy (non-hydrogen) atoms. The van der Waals surface area contributed by atoms with Gasteiger partial charge in [-0.25, -0.2) is 5.06 Å². The van der Waals surface area contributed by atoms with Crippen LogP contribution in [0.5, 0.6) is 0 Å². The van der Waals surface area contributed by atoms with Crippen molar-refractivity contribution in [2.75, 3.05) is 14.2 Å². The second kappa shape index (κ2) is 7.03. The number of amides is 1. The molecule has 0 saturated carbocycles. The second-order valence-corrected chi connectivity index (χ2v) is 2.67. The van der Waals surface area contributed by atoms with Crippen molar-refractivity contribution in [3.8, 4) is 0 Å². The van der Waals surface area contributed by atoms with E-state index in [1.165, 1.54) is 14.0 Å². The molecule has 4 nitrogen and oxygen atoms in total. The number of pyridine rings is 1. The van der Waals surface area contributed by atoms with E-state index >= 15 is 0 Å². The first-order valence-electron chi connectivity index (χ1n) is 4.24. The fourth-order valence-corrected chi connectivity index (χ4v) is 0.577. The Morgan fingerprint density at radius 1 is 1.50 bits per heavy atom. The van der Waals surface area contributed by atoms with Crippen molar-refractivity contribution in [1.82, 2.24) is 10.0 Å². The minimum atomic E-state index is -0.0949. The van der Waals surface area contributed by atoms with Crippen molar-refractivity contribution in [3.63, 3.8) is 0 Å². The fraction of sp³-hybridized carbons (Fsp3) is 0.400. The molecule has 0 aliphatic rings. The van der Waals surface area contributed by atoms with Gasteiger partial charge in [0.25, 0.3) is 0 Å². The van der Waals surface area contributed by atoms with Crippen LogP contribution in [0.15, 0.2) is 24.4 Å². The summed E-state index contributed by atoms with van der Waals surface area (Å²) in [4.78, 5) is 18.7. The third-order valence-electron chi connectivity index (χ3n) is 1.53. The van der Waals surface area contributed by atoms with Gasteiger partial charge < -0.3 is 0 Å². The van der Waals surface area contributed by atoms with Crippen molar-refractivity contribution >= 4 is 5.91 Å². The van der Waals surface area contributed by atoms with E-state index < -0.39 is 0 Å². The van der Waals surface area contributed by atoms with Crippen LogP contribution < -0.4 is 0 Å². The van der Waals surface area contributed by atoms with Gasteiger partial charge in [0.1, 0.15) is 0 Å². The van der Waals surface area contributed by atoms with Gasteiger partial charge >= 0.3 is 0 Å². The fourth-order valence-electron chi connectivity index (χ4n) is 0.577. The highest BCUT2D eigenvalue weighted by Gasteiger charge is 1.94. The van der Waals surface area contributed by atoms with E-state index in [-0.39, 0.29) is 5.91 Å². The highest BCUT2D eigenvalue weighted by molar-refractivity contribution is 5.71. The van der Waals surface area contributed by atoms with Crippen LogP contribution in [0.1, 0.15) is 12.6 Å². The van der Waals surface area contributed by atoms with E-state index in [0.29, 0.717) is 0 Å². The molecule has 0 fully saturated rings. The van der Waals surface area contributed by atoms with Crippen LogP contribution in [-0.4, -0.2) is 30.1 Å². The summed E-state index contributed by atoms with van der Waals surface area (Å²) < 4.78 is 0. The zero-order valence-electron chi connectivity index (χ0n) is 9.02. The molecular formula is C10H16N2O2. The molecule has 1 aromatic rings. The first kappa shape index (κ1) is 12.6. The van der Waals surface area contributed by atoms with Gasteiger partial charge in [0, 0.05) is 25.9 Å². The average Bonchev–Trinajstić information content (AvgIpc) is 2.18. The third-order valence-corrected chi connectivity index (χ3v) is 1.53. The van der Waals surface area contributed by atoms with Crippen LogP contribution in [0, 0.1) is 6.92 Å². The molecule has 0 aliphatic heterocycles. The van der Waals surface area contributed by atoms with Gasteiger partial charge in [0.15, 0.2) is 0 Å². The summed E-state index contributed by atoms with van der Waals surface area (Å²) in [5, 5.41) is 1.15. The smallest absolute Gasteiger partial charge is 0.242 e. The highest BCUT2D eigenvalue weighted by Crippen LogP contribution is 1.86. The molecule has 4 heteroatoms. The van der Waals surface area contributed by atoms with Crippen LogP contribution in [0.3, 0.4) is 0 Å². The molecule has 0 saturated heterocycles. The Balaban J connectivity index is 0.000000241. The summed E-state index contributed by atoms with van der Waals surface area (Å²) in [6.45, 7) is 3.41. The number of hydrogen-bond donors (Lipinski definition) is 0. The predicted molar refractivity (Wildman–Crippen MR) is 54.4 cm³/mol. The molecule has 0 bridgehead atoms. The Labute approximate surface area is 84.5 Å². The first-order valence-corrected chi connectivity index (χ1v) is 4.24. The number of carbonyl (C=O) groups excluding carboxylic acids is 1. The largest absolute Gasteiger partial charge is 0.275 e. The van der Waals surface area contributed by atoms with Crippen molar-refractivity contribution in [2.24, 2.45) is 0 Å². The van der Waals surface area contributed by atoms with Gasteiger partial charge in [-0.1, -0.05) is 6.07 Å². The quantitative estimate of drug-likeness (QED) is 0.638. The van der Waals surface area contributed by atoms with Gasteiger partial charge in [-0.15, -0.1) is 0 Å². The maximum absolute atomic E-state index is 10.2. The minimum Gasteiger partial charge on any atom is -0.275 e. The summed E-state index contributed by atoms with van der Waals surface area (Å²) in [7, 11) is 3.00. The number of nitrogens with zero attached hydrogens (tertiary/aromatic N) is 2. The van der Waals surface area contributed by atoms with E-state index in [1.807, 2.05) is 25.1 Å². The molecule has 0 atom stereocenters. The van der Waals surface area contributed by atoms with Crippen LogP contribution in [0.25, 0.3) is 0 Å². The van der Waals surface area contributed by atoms with Crippen molar-refractivity contribution in [3.05, 3.63) is 30.1 Å². The SMILES string of the molecule is CON(C)C(C)=O.Cc1ccccn1. The zero-order chi connectivity index (χ0) is 11.0. The summed E-state index contributed by atoms with van der Waals surface area (Å²) in [5.41, 5.74) is 1.07. The number of carbonyl (C=O) groups is 1. The summed E-state index contributed by atoms with van der Waals surface area (Å²) >= 11 is 0. The Kier molecular flexibility index (Phi) is 6.32. The summed E-state index contributed by atoms with van der Waals surface area (Å²) in [6, 6.07) is 5.86. The Morgan fingerprint density at radius 3 is 2.29 bits per heavy atom. The number of hydrogen-bond acceptors (Lipinski definition) is 3. The lowest BCUT2D eigenvalue weighted by Gasteiger charge is -2.08. The Hall–Kier alpha value is -1.42. The van der Waals surface area contributed by atoms with Gasteiger partial charge in [0.05, 0.1) is 7.11 Å². The maximum atomic E-state index is 10.2. The monoisotopic (exact) mass is 196 g/mol. The first-order chi connectivity index (χ1) is 6.57.